The molecule has 0 radical (unpaired) electrons. The Hall–Kier alpha value is -1.30. The fourth-order valence-corrected chi connectivity index (χ4v) is 1.77. The molecule has 0 aliphatic carbocycles. The van der Waals surface area contributed by atoms with Crippen molar-refractivity contribution in [2.45, 2.75) is 19.6 Å². The van der Waals surface area contributed by atoms with Crippen molar-refractivity contribution in [2.75, 3.05) is 6.26 Å². The lowest BCUT2D eigenvalue weighted by molar-refractivity contribution is 0.101. The Labute approximate surface area is 88.5 Å². The Bertz CT molecular complexity index is 494. The van der Waals surface area contributed by atoms with Crippen molar-refractivity contribution in [3.05, 3.63) is 23.3 Å². The van der Waals surface area contributed by atoms with E-state index in [1.165, 1.54) is 13.1 Å². The van der Waals surface area contributed by atoms with E-state index in [0.29, 0.717) is 11.3 Å². The van der Waals surface area contributed by atoms with Crippen LogP contribution in [-0.2, 0) is 15.6 Å². The molecule has 0 aliphatic heterocycles. The number of aromatic nitrogens is 2. The fourth-order valence-electron chi connectivity index (χ4n) is 1.16. The van der Waals surface area contributed by atoms with Gasteiger partial charge in [0.25, 0.3) is 0 Å². The molecule has 0 aromatic carbocycles. The second-order valence-electron chi connectivity index (χ2n) is 3.41. The highest BCUT2D eigenvalue weighted by atomic mass is 32.2. The Morgan fingerprint density at radius 1 is 1.47 bits per heavy atom. The molecule has 0 unspecified atom stereocenters. The van der Waals surface area contributed by atoms with Gasteiger partial charge < -0.3 is 0 Å². The van der Waals surface area contributed by atoms with E-state index in [9.17, 15) is 13.2 Å². The molecule has 0 atom stereocenters. The topological polar surface area (TPSA) is 77.0 Å². The summed E-state index contributed by atoms with van der Waals surface area (Å²) in [4.78, 5) is 18.9. The molecule has 6 heteroatoms. The first-order valence-electron chi connectivity index (χ1n) is 4.31. The van der Waals surface area contributed by atoms with Crippen molar-refractivity contribution in [1.29, 1.82) is 0 Å². The van der Waals surface area contributed by atoms with Gasteiger partial charge in [-0.2, -0.15) is 0 Å². The number of rotatable bonds is 3. The van der Waals surface area contributed by atoms with E-state index in [2.05, 4.69) is 9.97 Å². The van der Waals surface area contributed by atoms with E-state index >= 15 is 0 Å². The average Bonchev–Trinajstić information content (AvgIpc) is 1.99. The van der Waals surface area contributed by atoms with Crippen molar-refractivity contribution in [3.8, 4) is 0 Å². The van der Waals surface area contributed by atoms with Crippen LogP contribution in [0.15, 0.2) is 6.20 Å². The predicted octanol–water partition coefficient (Wildman–Crippen LogP) is 0.532. The number of hydrogen-bond donors (Lipinski definition) is 0. The Morgan fingerprint density at radius 3 is 2.47 bits per heavy atom. The molecule has 15 heavy (non-hydrogen) atoms. The van der Waals surface area contributed by atoms with Crippen LogP contribution in [-0.4, -0.2) is 30.4 Å². The van der Waals surface area contributed by atoms with E-state index in [-0.39, 0.29) is 17.4 Å². The molecule has 0 N–H and O–H groups in total. The zero-order valence-electron chi connectivity index (χ0n) is 8.81. The molecule has 0 spiro atoms. The predicted molar refractivity (Wildman–Crippen MR) is 55.3 cm³/mol. The second-order valence-corrected chi connectivity index (χ2v) is 5.55. The van der Waals surface area contributed by atoms with Crippen LogP contribution in [0.25, 0.3) is 0 Å². The summed E-state index contributed by atoms with van der Waals surface area (Å²) in [6, 6.07) is 0. The van der Waals surface area contributed by atoms with Gasteiger partial charge in [0.15, 0.2) is 15.6 Å². The minimum atomic E-state index is -3.14. The molecule has 1 aromatic rings. The highest BCUT2D eigenvalue weighted by Gasteiger charge is 2.11. The molecular formula is C9H12N2O3S. The van der Waals surface area contributed by atoms with E-state index in [1.807, 2.05) is 0 Å². The zero-order chi connectivity index (χ0) is 11.6. The molecule has 0 aliphatic rings. The Kier molecular flexibility index (Phi) is 3.18. The Morgan fingerprint density at radius 2 is 2.07 bits per heavy atom. The van der Waals surface area contributed by atoms with Gasteiger partial charge in [-0.1, -0.05) is 0 Å². The van der Waals surface area contributed by atoms with Crippen LogP contribution in [0.3, 0.4) is 0 Å². The van der Waals surface area contributed by atoms with Gasteiger partial charge >= 0.3 is 0 Å². The van der Waals surface area contributed by atoms with Gasteiger partial charge in [-0.15, -0.1) is 0 Å². The molecule has 0 saturated carbocycles. The summed E-state index contributed by atoms with van der Waals surface area (Å²) in [5, 5.41) is 0. The van der Waals surface area contributed by atoms with Crippen LogP contribution >= 0.6 is 0 Å². The quantitative estimate of drug-likeness (QED) is 0.705. The number of carbonyl (C=O) groups is 1. The van der Waals surface area contributed by atoms with Gasteiger partial charge in [-0.25, -0.2) is 18.4 Å². The summed E-state index contributed by atoms with van der Waals surface area (Å²) >= 11 is 0. The Balaban J connectivity index is 3.07. The normalized spacial score (nSPS) is 11.4. The van der Waals surface area contributed by atoms with Gasteiger partial charge in [-0.05, 0) is 13.8 Å². The third-order valence-corrected chi connectivity index (χ3v) is 2.58. The maximum Gasteiger partial charge on any atom is 0.163 e. The number of carbonyl (C=O) groups excluding carboxylic acids is 1. The van der Waals surface area contributed by atoms with Gasteiger partial charge in [0, 0.05) is 12.5 Å². The smallest absolute Gasteiger partial charge is 0.163 e. The van der Waals surface area contributed by atoms with Crippen molar-refractivity contribution in [1.82, 2.24) is 9.97 Å². The largest absolute Gasteiger partial charge is 0.294 e. The standard InChI is InChI=1S/C9H12N2O3S/c1-6-8(7(2)12)4-10-9(11-6)5-15(3,13)14/h4H,5H2,1-3H3. The number of aryl methyl sites for hydroxylation is 1. The SMILES string of the molecule is CC(=O)c1cnc(CS(C)(=O)=O)nc1C. The molecule has 1 rings (SSSR count). The molecule has 5 nitrogen and oxygen atoms in total. The summed E-state index contributed by atoms with van der Waals surface area (Å²) in [6.45, 7) is 3.08. The highest BCUT2D eigenvalue weighted by Crippen LogP contribution is 2.06. The number of nitrogens with zero attached hydrogens (tertiary/aromatic N) is 2. The minimum Gasteiger partial charge on any atom is -0.294 e. The summed E-state index contributed by atoms with van der Waals surface area (Å²) in [5.41, 5.74) is 0.934. The number of hydrogen-bond acceptors (Lipinski definition) is 5. The maximum absolute atomic E-state index is 11.1. The van der Waals surface area contributed by atoms with Crippen molar-refractivity contribution in [3.63, 3.8) is 0 Å². The minimum absolute atomic E-state index is 0.126. The van der Waals surface area contributed by atoms with Gasteiger partial charge in [0.05, 0.1) is 11.3 Å². The molecule has 0 fully saturated rings. The zero-order valence-corrected chi connectivity index (χ0v) is 9.63. The van der Waals surface area contributed by atoms with Gasteiger partial charge in [-0.3, -0.25) is 4.79 Å². The third-order valence-electron chi connectivity index (χ3n) is 1.80. The van der Waals surface area contributed by atoms with Crippen LogP contribution in [0.2, 0.25) is 0 Å². The first kappa shape index (κ1) is 11.8. The lowest BCUT2D eigenvalue weighted by Crippen LogP contribution is -2.08. The molecular weight excluding hydrogens is 216 g/mol. The van der Waals surface area contributed by atoms with E-state index in [4.69, 9.17) is 0 Å². The number of Topliss-reactive ketones (excluding diaryl/α,β-unsaturated/α-hetero) is 1. The van der Waals surface area contributed by atoms with E-state index in [1.54, 1.807) is 6.92 Å². The van der Waals surface area contributed by atoms with Crippen molar-refractivity contribution < 1.29 is 13.2 Å². The van der Waals surface area contributed by atoms with Crippen LogP contribution in [0.4, 0.5) is 0 Å². The lowest BCUT2D eigenvalue weighted by atomic mass is 10.2. The van der Waals surface area contributed by atoms with E-state index < -0.39 is 9.84 Å². The van der Waals surface area contributed by atoms with Crippen LogP contribution in [0.5, 0.6) is 0 Å². The van der Waals surface area contributed by atoms with E-state index in [0.717, 1.165) is 6.26 Å². The molecule has 0 bridgehead atoms. The van der Waals surface area contributed by atoms with Crippen molar-refractivity contribution >= 4 is 15.6 Å². The second kappa shape index (κ2) is 4.06. The molecule has 0 amide bonds. The number of sulfone groups is 1. The fraction of sp³-hybridized carbons (Fsp3) is 0.444. The van der Waals surface area contributed by atoms with Crippen LogP contribution in [0, 0.1) is 6.92 Å². The lowest BCUT2D eigenvalue weighted by Gasteiger charge is -2.03. The van der Waals surface area contributed by atoms with Gasteiger partial charge in [0.2, 0.25) is 0 Å². The first-order valence-corrected chi connectivity index (χ1v) is 6.37. The summed E-state index contributed by atoms with van der Waals surface area (Å²) in [7, 11) is -3.14. The highest BCUT2D eigenvalue weighted by molar-refractivity contribution is 7.89. The average molecular weight is 228 g/mol. The molecule has 1 heterocycles. The third kappa shape index (κ3) is 3.39. The molecule has 1 aromatic heterocycles. The summed E-state index contributed by atoms with van der Waals surface area (Å²) < 4.78 is 22.0. The molecule has 0 saturated heterocycles. The number of ketones is 1. The van der Waals surface area contributed by atoms with Gasteiger partial charge in [0.1, 0.15) is 11.6 Å². The van der Waals surface area contributed by atoms with Crippen molar-refractivity contribution in [2.24, 2.45) is 0 Å². The summed E-state index contributed by atoms with van der Waals surface area (Å²) in [5.74, 6) is -0.107. The van der Waals surface area contributed by atoms with Crippen LogP contribution < -0.4 is 0 Å². The molecule has 82 valence electrons. The monoisotopic (exact) mass is 228 g/mol. The van der Waals surface area contributed by atoms with Crippen LogP contribution in [0.1, 0.15) is 28.8 Å². The summed E-state index contributed by atoms with van der Waals surface area (Å²) in [6.07, 6.45) is 2.48. The maximum atomic E-state index is 11.1. The first-order chi connectivity index (χ1) is 6.79.